The molecule has 0 bridgehead atoms. The lowest BCUT2D eigenvalue weighted by atomic mass is 10.1. The summed E-state index contributed by atoms with van der Waals surface area (Å²) in [5, 5.41) is 12.6. The molecule has 0 aliphatic carbocycles. The highest BCUT2D eigenvalue weighted by Crippen LogP contribution is 2.35. The van der Waals surface area contributed by atoms with Crippen LogP contribution in [0.4, 0.5) is 5.69 Å². The molecule has 0 saturated carbocycles. The van der Waals surface area contributed by atoms with Crippen molar-refractivity contribution in [3.05, 3.63) is 52.2 Å². The number of aromatic nitrogens is 2. The standard InChI is InChI=1S/C25H30Cl2N4O4/c1-33-22-7-6-18-21(29-23-19(26)16-28-17-20(23)27)8-10-31(32)24(18)25(22)35-13-5-3-2-4-9-30-11-14-34-15-12-30/h6-8,10,16-17,32H,2-5,9,11-15H2,1H3. The van der Waals surface area contributed by atoms with Crippen LogP contribution in [0.25, 0.3) is 10.9 Å². The van der Waals surface area contributed by atoms with Gasteiger partial charge < -0.3 is 19.4 Å². The van der Waals surface area contributed by atoms with E-state index in [9.17, 15) is 5.21 Å². The Balaban J connectivity index is 1.48. The SMILES string of the molecule is COc1ccc2c(=Nc3c(Cl)cncc3Cl)ccn(O)c2c1OCCCCCCN1CCOCC1. The summed E-state index contributed by atoms with van der Waals surface area (Å²) in [7, 11) is 1.58. The molecule has 4 rings (SSSR count). The van der Waals surface area contributed by atoms with Crippen molar-refractivity contribution in [2.24, 2.45) is 4.99 Å². The Morgan fingerprint density at radius 3 is 2.54 bits per heavy atom. The number of ether oxygens (including phenoxy) is 3. The van der Waals surface area contributed by atoms with E-state index in [1.54, 1.807) is 19.2 Å². The number of hydrogen-bond acceptors (Lipinski definition) is 7. The first-order valence-electron chi connectivity index (χ1n) is 11.8. The zero-order chi connectivity index (χ0) is 24.6. The number of pyridine rings is 2. The van der Waals surface area contributed by atoms with E-state index in [2.05, 4.69) is 14.9 Å². The van der Waals surface area contributed by atoms with Crippen LogP contribution in [0, 0.1) is 0 Å². The molecule has 3 aromatic rings. The van der Waals surface area contributed by atoms with Crippen molar-refractivity contribution < 1.29 is 19.4 Å². The molecule has 0 atom stereocenters. The van der Waals surface area contributed by atoms with Gasteiger partial charge in [-0.05, 0) is 37.6 Å². The summed E-state index contributed by atoms with van der Waals surface area (Å²) in [6.45, 7) is 5.35. The van der Waals surface area contributed by atoms with Gasteiger partial charge in [0, 0.05) is 37.1 Å². The summed E-state index contributed by atoms with van der Waals surface area (Å²) in [4.78, 5) is 11.1. The van der Waals surface area contributed by atoms with Gasteiger partial charge >= 0.3 is 0 Å². The quantitative estimate of drug-likeness (QED) is 0.296. The number of nitrogens with zero attached hydrogens (tertiary/aromatic N) is 4. The van der Waals surface area contributed by atoms with Gasteiger partial charge in [0.2, 0.25) is 0 Å². The first-order valence-corrected chi connectivity index (χ1v) is 12.5. The van der Waals surface area contributed by atoms with Gasteiger partial charge in [-0.25, -0.2) is 4.99 Å². The van der Waals surface area contributed by atoms with Crippen LogP contribution in [-0.4, -0.2) is 66.4 Å². The van der Waals surface area contributed by atoms with Gasteiger partial charge in [0.25, 0.3) is 0 Å². The molecule has 10 heteroatoms. The summed E-state index contributed by atoms with van der Waals surface area (Å²) in [6.07, 6.45) is 8.76. The second-order valence-corrected chi connectivity index (χ2v) is 9.13. The normalized spacial score (nSPS) is 15.0. The Kier molecular flexibility index (Phi) is 9.09. The molecule has 3 heterocycles. The Morgan fingerprint density at radius 2 is 1.80 bits per heavy atom. The van der Waals surface area contributed by atoms with E-state index in [0.29, 0.717) is 50.1 Å². The monoisotopic (exact) mass is 520 g/mol. The second-order valence-electron chi connectivity index (χ2n) is 8.32. The van der Waals surface area contributed by atoms with E-state index in [1.165, 1.54) is 25.0 Å². The third-order valence-electron chi connectivity index (χ3n) is 5.97. The maximum absolute atomic E-state index is 10.6. The number of halogens is 2. The fourth-order valence-electron chi connectivity index (χ4n) is 4.11. The van der Waals surface area contributed by atoms with E-state index < -0.39 is 0 Å². The lowest BCUT2D eigenvalue weighted by molar-refractivity contribution is 0.0371. The van der Waals surface area contributed by atoms with Gasteiger partial charge in [-0.1, -0.05) is 36.0 Å². The summed E-state index contributed by atoms with van der Waals surface area (Å²) < 4.78 is 18.1. The maximum atomic E-state index is 10.6. The third kappa shape index (κ3) is 6.38. The predicted molar refractivity (Wildman–Crippen MR) is 136 cm³/mol. The number of rotatable bonds is 10. The second kappa shape index (κ2) is 12.4. The zero-order valence-corrected chi connectivity index (χ0v) is 21.3. The molecule has 0 spiro atoms. The Morgan fingerprint density at radius 1 is 1.06 bits per heavy atom. The fraction of sp³-hybridized carbons (Fsp3) is 0.440. The fourth-order valence-corrected chi connectivity index (χ4v) is 4.56. The van der Waals surface area contributed by atoms with E-state index in [1.807, 2.05) is 6.07 Å². The maximum Gasteiger partial charge on any atom is 0.189 e. The molecule has 8 nitrogen and oxygen atoms in total. The summed E-state index contributed by atoms with van der Waals surface area (Å²) >= 11 is 12.5. The van der Waals surface area contributed by atoms with Gasteiger partial charge in [-0.15, -0.1) is 0 Å². The third-order valence-corrected chi connectivity index (χ3v) is 6.53. The minimum atomic E-state index is 0.338. The molecule has 0 radical (unpaired) electrons. The van der Waals surface area contributed by atoms with Gasteiger partial charge in [0.1, 0.15) is 11.2 Å². The van der Waals surface area contributed by atoms with Crippen molar-refractivity contribution in [3.8, 4) is 11.5 Å². The summed E-state index contributed by atoms with van der Waals surface area (Å²) in [5.74, 6) is 0.995. The number of methoxy groups -OCH3 is 1. The number of morpholine rings is 1. The molecule has 0 amide bonds. The van der Waals surface area contributed by atoms with E-state index in [4.69, 9.17) is 37.4 Å². The van der Waals surface area contributed by atoms with Gasteiger partial charge in [0.05, 0.1) is 42.3 Å². The molecule has 35 heavy (non-hydrogen) atoms. The summed E-state index contributed by atoms with van der Waals surface area (Å²) in [5.41, 5.74) is 0.870. The Labute approximate surface area is 214 Å². The topological polar surface area (TPSA) is 81.3 Å². The van der Waals surface area contributed by atoms with E-state index in [-0.39, 0.29) is 0 Å². The molecule has 1 aromatic carbocycles. The first-order chi connectivity index (χ1) is 17.1. The van der Waals surface area contributed by atoms with Crippen molar-refractivity contribution >= 4 is 39.8 Å². The zero-order valence-electron chi connectivity index (χ0n) is 19.8. The lowest BCUT2D eigenvalue weighted by Gasteiger charge is -2.26. The van der Waals surface area contributed by atoms with Crippen LogP contribution < -0.4 is 14.8 Å². The smallest absolute Gasteiger partial charge is 0.189 e. The van der Waals surface area contributed by atoms with E-state index in [0.717, 1.165) is 56.8 Å². The van der Waals surface area contributed by atoms with Gasteiger partial charge in [-0.2, -0.15) is 4.73 Å². The largest absolute Gasteiger partial charge is 0.493 e. The lowest BCUT2D eigenvalue weighted by Crippen LogP contribution is -2.36. The number of hydrogen-bond donors (Lipinski definition) is 1. The van der Waals surface area contributed by atoms with Crippen molar-refractivity contribution in [1.82, 2.24) is 14.6 Å². The molecule has 1 saturated heterocycles. The highest BCUT2D eigenvalue weighted by Gasteiger charge is 2.15. The minimum Gasteiger partial charge on any atom is -0.493 e. The molecule has 1 N–H and O–H groups in total. The highest BCUT2D eigenvalue weighted by atomic mass is 35.5. The minimum absolute atomic E-state index is 0.338. The van der Waals surface area contributed by atoms with Crippen molar-refractivity contribution in [2.75, 3.05) is 46.6 Å². The number of fused-ring (bicyclic) bond motifs is 1. The van der Waals surface area contributed by atoms with Crippen LogP contribution in [0.15, 0.2) is 41.8 Å². The molecule has 1 fully saturated rings. The average molecular weight is 521 g/mol. The molecule has 188 valence electrons. The Bertz CT molecular complexity index is 1190. The van der Waals surface area contributed by atoms with Gasteiger partial charge in [0.15, 0.2) is 11.5 Å². The number of unbranched alkanes of at least 4 members (excludes halogenated alkanes) is 3. The number of benzene rings is 1. The Hall–Kier alpha value is -2.52. The van der Waals surface area contributed by atoms with Crippen molar-refractivity contribution in [2.45, 2.75) is 25.7 Å². The predicted octanol–water partition coefficient (Wildman–Crippen LogP) is 5.09. The summed E-state index contributed by atoms with van der Waals surface area (Å²) in [6, 6.07) is 5.30. The van der Waals surface area contributed by atoms with Crippen LogP contribution in [0.3, 0.4) is 0 Å². The van der Waals surface area contributed by atoms with Crippen LogP contribution in [0.1, 0.15) is 25.7 Å². The van der Waals surface area contributed by atoms with E-state index >= 15 is 0 Å². The molecule has 0 unspecified atom stereocenters. The van der Waals surface area contributed by atoms with Crippen molar-refractivity contribution in [1.29, 1.82) is 0 Å². The van der Waals surface area contributed by atoms with Crippen LogP contribution in [-0.2, 0) is 4.74 Å². The molecule has 1 aliphatic rings. The van der Waals surface area contributed by atoms with Crippen molar-refractivity contribution in [3.63, 3.8) is 0 Å². The van der Waals surface area contributed by atoms with Crippen LogP contribution in [0.2, 0.25) is 10.0 Å². The highest BCUT2D eigenvalue weighted by molar-refractivity contribution is 6.38. The molecular formula is C25H30Cl2N4O4. The van der Waals surface area contributed by atoms with Crippen LogP contribution >= 0.6 is 23.2 Å². The molecule has 2 aromatic heterocycles. The molecular weight excluding hydrogens is 491 g/mol. The molecule has 1 aliphatic heterocycles. The first kappa shape index (κ1) is 25.6. The average Bonchev–Trinajstić information content (AvgIpc) is 2.87. The van der Waals surface area contributed by atoms with Crippen LogP contribution in [0.5, 0.6) is 11.5 Å². The van der Waals surface area contributed by atoms with Gasteiger partial charge in [-0.3, -0.25) is 9.88 Å².